The summed E-state index contributed by atoms with van der Waals surface area (Å²) in [5.41, 5.74) is 0. The van der Waals surface area contributed by atoms with E-state index in [4.69, 9.17) is 18.9 Å². The average molecular weight is 174 g/mol. The van der Waals surface area contributed by atoms with E-state index < -0.39 is 0 Å². The third kappa shape index (κ3) is 2.17. The van der Waals surface area contributed by atoms with Crippen molar-refractivity contribution in [2.24, 2.45) is 0 Å². The van der Waals surface area contributed by atoms with Crippen molar-refractivity contribution < 1.29 is 18.9 Å². The van der Waals surface area contributed by atoms with E-state index in [2.05, 4.69) is 0 Å². The SMILES string of the molecule is CC1OC1OCCOC1OC1C. The van der Waals surface area contributed by atoms with Crippen LogP contribution in [0.2, 0.25) is 0 Å². The molecule has 2 aliphatic heterocycles. The zero-order chi connectivity index (χ0) is 8.55. The third-order valence-corrected chi connectivity index (χ3v) is 1.96. The van der Waals surface area contributed by atoms with Gasteiger partial charge in [-0.1, -0.05) is 0 Å². The Morgan fingerprint density at radius 1 is 0.917 bits per heavy atom. The molecule has 0 aromatic carbocycles. The van der Waals surface area contributed by atoms with E-state index in [0.717, 1.165) is 0 Å². The lowest BCUT2D eigenvalue weighted by molar-refractivity contribution is -0.0207. The van der Waals surface area contributed by atoms with Crippen LogP contribution in [0.5, 0.6) is 0 Å². The Morgan fingerprint density at radius 3 is 1.50 bits per heavy atom. The van der Waals surface area contributed by atoms with Crippen molar-refractivity contribution in [3.05, 3.63) is 0 Å². The zero-order valence-corrected chi connectivity index (χ0v) is 7.36. The second kappa shape index (κ2) is 3.30. The van der Waals surface area contributed by atoms with Crippen LogP contribution in [0.3, 0.4) is 0 Å². The van der Waals surface area contributed by atoms with Crippen LogP contribution in [-0.4, -0.2) is 38.0 Å². The van der Waals surface area contributed by atoms with Crippen molar-refractivity contribution in [2.75, 3.05) is 13.2 Å². The first-order chi connectivity index (χ1) is 5.77. The molecular weight excluding hydrogens is 160 g/mol. The maximum Gasteiger partial charge on any atom is 0.184 e. The van der Waals surface area contributed by atoms with E-state index >= 15 is 0 Å². The first-order valence-electron chi connectivity index (χ1n) is 4.31. The molecule has 0 aromatic heterocycles. The highest BCUT2D eigenvalue weighted by molar-refractivity contribution is 4.71. The van der Waals surface area contributed by atoms with Crippen LogP contribution in [0.1, 0.15) is 13.8 Å². The van der Waals surface area contributed by atoms with E-state index in [1.165, 1.54) is 0 Å². The van der Waals surface area contributed by atoms with Crippen molar-refractivity contribution in [1.29, 1.82) is 0 Å². The Kier molecular flexibility index (Phi) is 2.32. The van der Waals surface area contributed by atoms with E-state index in [0.29, 0.717) is 13.2 Å². The Labute approximate surface area is 71.7 Å². The topological polar surface area (TPSA) is 43.5 Å². The molecule has 0 amide bonds. The van der Waals surface area contributed by atoms with Crippen LogP contribution in [0.25, 0.3) is 0 Å². The molecule has 2 heterocycles. The highest BCUT2D eigenvalue weighted by atomic mass is 16.8. The molecule has 0 aliphatic carbocycles. The Hall–Kier alpha value is -0.160. The molecule has 70 valence electrons. The van der Waals surface area contributed by atoms with Gasteiger partial charge >= 0.3 is 0 Å². The van der Waals surface area contributed by atoms with Crippen LogP contribution in [-0.2, 0) is 18.9 Å². The van der Waals surface area contributed by atoms with Gasteiger partial charge in [0.05, 0.1) is 13.2 Å². The van der Waals surface area contributed by atoms with Gasteiger partial charge in [0.1, 0.15) is 12.2 Å². The van der Waals surface area contributed by atoms with E-state index in [1.807, 2.05) is 13.8 Å². The summed E-state index contributed by atoms with van der Waals surface area (Å²) in [4.78, 5) is 0. The number of hydrogen-bond acceptors (Lipinski definition) is 4. The molecule has 4 unspecified atom stereocenters. The van der Waals surface area contributed by atoms with E-state index in [-0.39, 0.29) is 24.8 Å². The van der Waals surface area contributed by atoms with E-state index in [9.17, 15) is 0 Å². The molecular formula is C8H14O4. The van der Waals surface area contributed by atoms with Gasteiger partial charge in [-0.25, -0.2) is 0 Å². The van der Waals surface area contributed by atoms with Gasteiger partial charge in [-0.3, -0.25) is 0 Å². The standard InChI is InChI=1S/C8H14O4/c1-5-7(11-5)9-3-4-10-8-6(2)12-8/h5-8H,3-4H2,1-2H3. The second-order valence-corrected chi connectivity index (χ2v) is 3.16. The Bertz CT molecular complexity index is 143. The highest BCUT2D eigenvalue weighted by Gasteiger charge is 2.37. The molecule has 12 heavy (non-hydrogen) atoms. The molecule has 2 saturated heterocycles. The van der Waals surface area contributed by atoms with Crippen molar-refractivity contribution in [3.8, 4) is 0 Å². The third-order valence-electron chi connectivity index (χ3n) is 1.96. The number of rotatable bonds is 5. The van der Waals surface area contributed by atoms with Crippen LogP contribution >= 0.6 is 0 Å². The second-order valence-electron chi connectivity index (χ2n) is 3.16. The maximum absolute atomic E-state index is 5.28. The summed E-state index contributed by atoms with van der Waals surface area (Å²) in [6.45, 7) is 5.14. The molecule has 0 bridgehead atoms. The molecule has 0 saturated carbocycles. The van der Waals surface area contributed by atoms with E-state index in [1.54, 1.807) is 0 Å². The summed E-state index contributed by atoms with van der Waals surface area (Å²) in [5, 5.41) is 0. The summed E-state index contributed by atoms with van der Waals surface area (Å²) in [6, 6.07) is 0. The molecule has 4 nitrogen and oxygen atoms in total. The quantitative estimate of drug-likeness (QED) is 0.450. The lowest BCUT2D eigenvalue weighted by Gasteiger charge is -1.99. The molecule has 0 N–H and O–H groups in total. The van der Waals surface area contributed by atoms with Crippen molar-refractivity contribution in [1.82, 2.24) is 0 Å². The monoisotopic (exact) mass is 174 g/mol. The van der Waals surface area contributed by atoms with Crippen LogP contribution in [0.15, 0.2) is 0 Å². The summed E-state index contributed by atoms with van der Waals surface area (Å²) in [5.74, 6) is 0. The fourth-order valence-electron chi connectivity index (χ4n) is 1.01. The first-order valence-corrected chi connectivity index (χ1v) is 4.31. The minimum absolute atomic E-state index is 0.00569. The van der Waals surface area contributed by atoms with Crippen LogP contribution in [0.4, 0.5) is 0 Å². The van der Waals surface area contributed by atoms with Gasteiger partial charge in [0.2, 0.25) is 0 Å². The van der Waals surface area contributed by atoms with Gasteiger partial charge in [0.25, 0.3) is 0 Å². The minimum atomic E-state index is 0.00569. The maximum atomic E-state index is 5.28. The predicted octanol–water partition coefficient (Wildman–Crippen LogP) is 0.509. The largest absolute Gasteiger partial charge is 0.348 e. The van der Waals surface area contributed by atoms with Crippen molar-refractivity contribution in [3.63, 3.8) is 0 Å². The normalized spacial score (nSPS) is 44.5. The van der Waals surface area contributed by atoms with Gasteiger partial charge in [-0.05, 0) is 13.8 Å². The molecule has 4 atom stereocenters. The lowest BCUT2D eigenvalue weighted by Crippen LogP contribution is -2.09. The summed E-state index contributed by atoms with van der Waals surface area (Å²) < 4.78 is 20.7. The Balaban J connectivity index is 1.42. The molecule has 2 aliphatic rings. The fraction of sp³-hybridized carbons (Fsp3) is 1.00. The van der Waals surface area contributed by atoms with Crippen molar-refractivity contribution in [2.45, 2.75) is 38.6 Å². The fourth-order valence-corrected chi connectivity index (χ4v) is 1.01. The Morgan fingerprint density at radius 2 is 1.25 bits per heavy atom. The van der Waals surface area contributed by atoms with Gasteiger partial charge in [0.15, 0.2) is 12.6 Å². The number of hydrogen-bond donors (Lipinski definition) is 0. The molecule has 0 aromatic rings. The molecule has 2 fully saturated rings. The molecule has 0 radical (unpaired) electrons. The first kappa shape index (κ1) is 8.44. The van der Waals surface area contributed by atoms with Gasteiger partial charge in [-0.15, -0.1) is 0 Å². The van der Waals surface area contributed by atoms with Crippen molar-refractivity contribution >= 4 is 0 Å². The van der Waals surface area contributed by atoms with Crippen LogP contribution < -0.4 is 0 Å². The lowest BCUT2D eigenvalue weighted by atomic mass is 10.5. The molecule has 4 heteroatoms. The summed E-state index contributed by atoms with van der Waals surface area (Å²) >= 11 is 0. The minimum Gasteiger partial charge on any atom is -0.348 e. The average Bonchev–Trinajstić information content (AvgIpc) is 2.88. The number of ether oxygens (including phenoxy) is 4. The smallest absolute Gasteiger partial charge is 0.184 e. The van der Waals surface area contributed by atoms with Gasteiger partial charge < -0.3 is 18.9 Å². The van der Waals surface area contributed by atoms with Crippen LogP contribution in [0, 0.1) is 0 Å². The van der Waals surface area contributed by atoms with Gasteiger partial charge in [0, 0.05) is 0 Å². The summed E-state index contributed by atoms with van der Waals surface area (Å²) in [7, 11) is 0. The van der Waals surface area contributed by atoms with Gasteiger partial charge in [-0.2, -0.15) is 0 Å². The predicted molar refractivity (Wildman–Crippen MR) is 40.6 cm³/mol. The summed E-state index contributed by atoms with van der Waals surface area (Å²) in [6.07, 6.45) is 0.541. The number of epoxide rings is 2. The highest BCUT2D eigenvalue weighted by Crippen LogP contribution is 2.23. The molecule has 0 spiro atoms. The zero-order valence-electron chi connectivity index (χ0n) is 7.36. The molecule has 2 rings (SSSR count).